The number of hydrogen-bond acceptors (Lipinski definition) is 4. The highest BCUT2D eigenvalue weighted by atomic mass is 19.4. The maximum absolute atomic E-state index is 14.1. The third-order valence-electron chi connectivity index (χ3n) is 4.62. The summed E-state index contributed by atoms with van der Waals surface area (Å²) in [6, 6.07) is 5.72. The highest BCUT2D eigenvalue weighted by Crippen LogP contribution is 2.45. The van der Waals surface area contributed by atoms with E-state index < -0.39 is 46.2 Å². The van der Waals surface area contributed by atoms with Crippen LogP contribution in [-0.2, 0) is 24.4 Å². The largest absolute Gasteiger partial charge is 0.425 e. The zero-order chi connectivity index (χ0) is 21.0. The van der Waals surface area contributed by atoms with E-state index in [9.17, 15) is 32.3 Å². The van der Waals surface area contributed by atoms with Gasteiger partial charge in [-0.25, -0.2) is 4.79 Å². The van der Waals surface area contributed by atoms with E-state index in [2.05, 4.69) is 0 Å². The summed E-state index contributed by atoms with van der Waals surface area (Å²) in [5.41, 5.74) is -6.46. The van der Waals surface area contributed by atoms with E-state index in [0.717, 1.165) is 14.1 Å². The van der Waals surface area contributed by atoms with Crippen molar-refractivity contribution in [2.24, 2.45) is 14.1 Å². The van der Waals surface area contributed by atoms with Crippen molar-refractivity contribution in [2.75, 3.05) is 5.32 Å². The number of hydrogen-bond donors (Lipinski definition) is 2. The first-order valence-electron chi connectivity index (χ1n) is 7.99. The number of fused-ring (bicyclic) bond motifs is 1. The number of nitrogens with one attached hydrogen (secondary N) is 2. The number of anilines is 1. The molecule has 0 radical (unpaired) electrons. The highest BCUT2D eigenvalue weighted by molar-refractivity contribution is 6.09. The number of aromatic nitrogens is 2. The van der Waals surface area contributed by atoms with Crippen LogP contribution in [0.15, 0.2) is 33.9 Å². The zero-order valence-electron chi connectivity index (χ0n) is 15.0. The van der Waals surface area contributed by atoms with E-state index in [-0.39, 0.29) is 5.56 Å². The Morgan fingerprint density at radius 1 is 1.14 bits per heavy atom. The molecule has 11 heteroatoms. The monoisotopic (exact) mass is 396 g/mol. The maximum atomic E-state index is 14.1. The van der Waals surface area contributed by atoms with E-state index in [1.807, 2.05) is 5.32 Å². The Kier molecular flexibility index (Phi) is 4.21. The molecule has 1 aromatic carbocycles. The van der Waals surface area contributed by atoms with Crippen LogP contribution in [0, 0.1) is 6.92 Å². The number of carbonyl (C=O) groups excluding carboxylic acids is 2. The fourth-order valence-electron chi connectivity index (χ4n) is 3.13. The molecule has 1 atom stereocenters. The third kappa shape index (κ3) is 2.53. The minimum absolute atomic E-state index is 0.119. The molecule has 2 heterocycles. The molecule has 0 saturated heterocycles. The van der Waals surface area contributed by atoms with Gasteiger partial charge in [-0.2, -0.15) is 13.2 Å². The quantitative estimate of drug-likeness (QED) is 0.773. The predicted molar refractivity (Wildman–Crippen MR) is 91.9 cm³/mol. The van der Waals surface area contributed by atoms with Gasteiger partial charge in [0.2, 0.25) is 0 Å². The zero-order valence-corrected chi connectivity index (χ0v) is 15.0. The first-order valence-corrected chi connectivity index (χ1v) is 7.99. The van der Waals surface area contributed by atoms with Crippen LogP contribution >= 0.6 is 0 Å². The van der Waals surface area contributed by atoms with Crippen molar-refractivity contribution in [1.82, 2.24) is 14.5 Å². The minimum atomic E-state index is -5.36. The fourth-order valence-corrected chi connectivity index (χ4v) is 3.13. The number of amides is 2. The van der Waals surface area contributed by atoms with Gasteiger partial charge >= 0.3 is 11.9 Å². The standard InChI is InChI=1S/C17H15F3N4O4/c1-8-5-4-6-9(7-8)12(25)22-16(17(18,19)20)10-11(21-14(16)27)23(2)15(28)24(3)13(10)26/h4-7H,1-3H3,(H,21,27)(H,22,25)/t16-/m0/s1. The first-order chi connectivity index (χ1) is 12.9. The Morgan fingerprint density at radius 2 is 1.79 bits per heavy atom. The number of carbonyl (C=O) groups is 2. The average Bonchev–Trinajstić information content (AvgIpc) is 2.91. The molecule has 0 aliphatic carbocycles. The molecule has 148 valence electrons. The van der Waals surface area contributed by atoms with Gasteiger partial charge in [-0.1, -0.05) is 17.7 Å². The molecule has 2 N–H and O–H groups in total. The van der Waals surface area contributed by atoms with E-state index in [0.29, 0.717) is 14.7 Å². The van der Waals surface area contributed by atoms with Gasteiger partial charge in [0.05, 0.1) is 0 Å². The number of halogens is 3. The number of aryl methyl sites for hydroxylation is 1. The molecule has 28 heavy (non-hydrogen) atoms. The number of benzene rings is 1. The molecule has 2 amide bonds. The fraction of sp³-hybridized carbons (Fsp3) is 0.294. The van der Waals surface area contributed by atoms with Crippen LogP contribution in [-0.4, -0.2) is 27.1 Å². The second-order valence-electron chi connectivity index (χ2n) is 6.45. The summed E-state index contributed by atoms with van der Waals surface area (Å²) >= 11 is 0. The van der Waals surface area contributed by atoms with Gasteiger partial charge in [0, 0.05) is 19.7 Å². The van der Waals surface area contributed by atoms with Crippen LogP contribution in [0.5, 0.6) is 0 Å². The van der Waals surface area contributed by atoms with Crippen LogP contribution in [0.3, 0.4) is 0 Å². The molecule has 0 unspecified atom stereocenters. The summed E-state index contributed by atoms with van der Waals surface area (Å²) in [7, 11) is 2.09. The summed E-state index contributed by atoms with van der Waals surface area (Å²) in [5.74, 6) is -3.48. The summed E-state index contributed by atoms with van der Waals surface area (Å²) in [5, 5.41) is 3.61. The molecular weight excluding hydrogens is 381 g/mol. The van der Waals surface area contributed by atoms with E-state index >= 15 is 0 Å². The third-order valence-corrected chi connectivity index (χ3v) is 4.62. The molecule has 3 rings (SSSR count). The molecule has 1 aliphatic rings. The van der Waals surface area contributed by atoms with Gasteiger partial charge < -0.3 is 10.6 Å². The highest BCUT2D eigenvalue weighted by Gasteiger charge is 2.68. The first kappa shape index (κ1) is 19.4. The lowest BCUT2D eigenvalue weighted by Gasteiger charge is -2.30. The van der Waals surface area contributed by atoms with Crippen molar-refractivity contribution >= 4 is 17.6 Å². The smallest absolute Gasteiger partial charge is 0.326 e. The van der Waals surface area contributed by atoms with Crippen molar-refractivity contribution < 1.29 is 22.8 Å². The molecule has 0 bridgehead atoms. The van der Waals surface area contributed by atoms with Crippen molar-refractivity contribution in [3.63, 3.8) is 0 Å². The van der Waals surface area contributed by atoms with Crippen molar-refractivity contribution in [1.29, 1.82) is 0 Å². The van der Waals surface area contributed by atoms with Gasteiger partial charge in [-0.15, -0.1) is 0 Å². The molecular formula is C17H15F3N4O4. The second-order valence-corrected chi connectivity index (χ2v) is 6.45. The lowest BCUT2D eigenvalue weighted by atomic mass is 9.91. The van der Waals surface area contributed by atoms with Gasteiger partial charge in [0.25, 0.3) is 22.9 Å². The lowest BCUT2D eigenvalue weighted by molar-refractivity contribution is -0.196. The van der Waals surface area contributed by atoms with Crippen molar-refractivity contribution in [3.05, 3.63) is 61.8 Å². The second kappa shape index (κ2) is 6.08. The Hall–Kier alpha value is -3.37. The van der Waals surface area contributed by atoms with Crippen LogP contribution in [0.4, 0.5) is 19.0 Å². The molecule has 0 fully saturated rings. The minimum Gasteiger partial charge on any atom is -0.326 e. The molecule has 0 spiro atoms. The molecule has 8 nitrogen and oxygen atoms in total. The Morgan fingerprint density at radius 3 is 2.36 bits per heavy atom. The summed E-state index contributed by atoms with van der Waals surface area (Å²) in [4.78, 5) is 49.5. The van der Waals surface area contributed by atoms with Gasteiger partial charge in [-0.05, 0) is 19.1 Å². The Labute approximate surface area is 155 Å². The van der Waals surface area contributed by atoms with Crippen LogP contribution < -0.4 is 21.9 Å². The summed E-state index contributed by atoms with van der Waals surface area (Å²) in [6.07, 6.45) is -5.36. The average molecular weight is 396 g/mol. The lowest BCUT2D eigenvalue weighted by Crippen LogP contribution is -2.62. The van der Waals surface area contributed by atoms with E-state index in [1.54, 1.807) is 18.3 Å². The van der Waals surface area contributed by atoms with Crippen molar-refractivity contribution in [3.8, 4) is 0 Å². The molecule has 2 aromatic rings. The Balaban J connectivity index is 2.29. The summed E-state index contributed by atoms with van der Waals surface area (Å²) in [6.45, 7) is 1.64. The Bertz CT molecular complexity index is 1130. The maximum Gasteiger partial charge on any atom is 0.425 e. The number of nitrogens with zero attached hydrogens (tertiary/aromatic N) is 2. The van der Waals surface area contributed by atoms with Crippen molar-refractivity contribution in [2.45, 2.75) is 18.6 Å². The summed E-state index contributed by atoms with van der Waals surface area (Å²) < 4.78 is 43.6. The van der Waals surface area contributed by atoms with Crippen LogP contribution in [0.2, 0.25) is 0 Å². The van der Waals surface area contributed by atoms with Crippen LogP contribution in [0.1, 0.15) is 21.5 Å². The SMILES string of the molecule is Cc1cccc(C(=O)N[C@]2(C(F)(F)F)C(=O)Nc3c2c(=O)n(C)c(=O)n3C)c1. The number of alkyl halides is 3. The predicted octanol–water partition coefficient (Wildman–Crippen LogP) is 0.532. The van der Waals surface area contributed by atoms with Gasteiger partial charge in [0.15, 0.2) is 0 Å². The topological polar surface area (TPSA) is 102 Å². The molecule has 1 aliphatic heterocycles. The molecule has 1 aromatic heterocycles. The van der Waals surface area contributed by atoms with E-state index in [1.165, 1.54) is 18.2 Å². The van der Waals surface area contributed by atoms with Gasteiger partial charge in [-0.3, -0.25) is 23.5 Å². The normalized spacial score (nSPS) is 18.6. The molecule has 0 saturated carbocycles. The van der Waals surface area contributed by atoms with Gasteiger partial charge in [0.1, 0.15) is 11.4 Å². The van der Waals surface area contributed by atoms with E-state index in [4.69, 9.17) is 0 Å². The number of rotatable bonds is 2. The van der Waals surface area contributed by atoms with Crippen LogP contribution in [0.25, 0.3) is 0 Å².